The van der Waals surface area contributed by atoms with Crippen molar-refractivity contribution in [1.82, 2.24) is 15.5 Å². The van der Waals surface area contributed by atoms with Gasteiger partial charge in [0.05, 0.1) is 23.0 Å². The molecule has 0 radical (unpaired) electrons. The SMILES string of the molecule is CNC1CCCN(C(=O)CC(NC(=O)c2ccccc2Cl)c2ccccc2)C1. The van der Waals surface area contributed by atoms with Gasteiger partial charge >= 0.3 is 0 Å². The van der Waals surface area contributed by atoms with Crippen molar-refractivity contribution in [3.8, 4) is 0 Å². The van der Waals surface area contributed by atoms with E-state index >= 15 is 0 Å². The van der Waals surface area contributed by atoms with Gasteiger partial charge in [-0.25, -0.2) is 0 Å². The van der Waals surface area contributed by atoms with Crippen molar-refractivity contribution in [3.63, 3.8) is 0 Å². The second-order valence-corrected chi connectivity index (χ2v) is 7.50. The number of likely N-dealkylation sites (tertiary alicyclic amines) is 1. The zero-order valence-corrected chi connectivity index (χ0v) is 16.8. The number of nitrogens with one attached hydrogen (secondary N) is 2. The van der Waals surface area contributed by atoms with Crippen LogP contribution in [0, 0.1) is 0 Å². The fraction of sp³-hybridized carbons (Fsp3) is 0.364. The molecule has 1 saturated heterocycles. The van der Waals surface area contributed by atoms with E-state index in [9.17, 15) is 9.59 Å². The van der Waals surface area contributed by atoms with E-state index in [4.69, 9.17) is 11.6 Å². The van der Waals surface area contributed by atoms with Gasteiger partial charge in [-0.1, -0.05) is 54.1 Å². The molecule has 3 rings (SSSR count). The average Bonchev–Trinajstić information content (AvgIpc) is 2.74. The Morgan fingerprint density at radius 1 is 1.14 bits per heavy atom. The predicted molar refractivity (Wildman–Crippen MR) is 111 cm³/mol. The number of carbonyl (C=O) groups is 2. The standard InChI is InChI=1S/C22H26ClN3O2/c1-24-17-10-7-13-26(15-17)21(27)14-20(16-8-3-2-4-9-16)25-22(28)18-11-5-6-12-19(18)23/h2-6,8-9,11-12,17,20,24H,7,10,13-15H2,1H3,(H,25,28). The van der Waals surface area contributed by atoms with E-state index < -0.39 is 6.04 Å². The minimum atomic E-state index is -0.410. The van der Waals surface area contributed by atoms with Gasteiger partial charge in [0, 0.05) is 19.1 Å². The molecule has 1 fully saturated rings. The Morgan fingerprint density at radius 3 is 2.57 bits per heavy atom. The first-order valence-corrected chi connectivity index (χ1v) is 10.0. The highest BCUT2D eigenvalue weighted by Crippen LogP contribution is 2.22. The molecule has 2 atom stereocenters. The van der Waals surface area contributed by atoms with E-state index in [1.807, 2.05) is 42.3 Å². The summed E-state index contributed by atoms with van der Waals surface area (Å²) < 4.78 is 0. The number of nitrogens with zero attached hydrogens (tertiary/aromatic N) is 1. The molecular weight excluding hydrogens is 374 g/mol. The van der Waals surface area contributed by atoms with Crippen LogP contribution in [0.1, 0.15) is 41.2 Å². The highest BCUT2D eigenvalue weighted by molar-refractivity contribution is 6.33. The van der Waals surface area contributed by atoms with Gasteiger partial charge in [0.1, 0.15) is 0 Å². The predicted octanol–water partition coefficient (Wildman–Crippen LogP) is 3.41. The second-order valence-electron chi connectivity index (χ2n) is 7.09. The lowest BCUT2D eigenvalue weighted by Crippen LogP contribution is -2.47. The highest BCUT2D eigenvalue weighted by Gasteiger charge is 2.26. The number of likely N-dealkylation sites (N-methyl/N-ethyl adjacent to an activating group) is 1. The van der Waals surface area contributed by atoms with E-state index in [1.165, 1.54) is 0 Å². The van der Waals surface area contributed by atoms with Crippen molar-refractivity contribution in [2.24, 2.45) is 0 Å². The van der Waals surface area contributed by atoms with Crippen molar-refractivity contribution in [3.05, 3.63) is 70.7 Å². The van der Waals surface area contributed by atoms with Crippen LogP contribution in [-0.4, -0.2) is 42.9 Å². The summed E-state index contributed by atoms with van der Waals surface area (Å²) in [5.74, 6) is -0.229. The number of hydrogen-bond donors (Lipinski definition) is 2. The molecule has 6 heteroatoms. The Balaban J connectivity index is 1.75. The summed E-state index contributed by atoms with van der Waals surface area (Å²) in [6.07, 6.45) is 2.28. The molecular formula is C22H26ClN3O2. The monoisotopic (exact) mass is 399 g/mol. The van der Waals surface area contributed by atoms with Crippen LogP contribution in [0.3, 0.4) is 0 Å². The summed E-state index contributed by atoms with van der Waals surface area (Å²) >= 11 is 6.17. The van der Waals surface area contributed by atoms with Crippen LogP contribution in [0.25, 0.3) is 0 Å². The third-order valence-electron chi connectivity index (χ3n) is 5.19. The topological polar surface area (TPSA) is 61.4 Å². The van der Waals surface area contributed by atoms with Crippen molar-refractivity contribution in [2.45, 2.75) is 31.3 Å². The molecule has 148 valence electrons. The van der Waals surface area contributed by atoms with Gasteiger partial charge < -0.3 is 15.5 Å². The van der Waals surface area contributed by atoms with Crippen molar-refractivity contribution in [1.29, 1.82) is 0 Å². The van der Waals surface area contributed by atoms with E-state index in [0.29, 0.717) is 23.2 Å². The summed E-state index contributed by atoms with van der Waals surface area (Å²) in [6, 6.07) is 16.4. The maximum absolute atomic E-state index is 12.9. The Kier molecular flexibility index (Phi) is 7.06. The fourth-order valence-electron chi connectivity index (χ4n) is 3.56. The van der Waals surface area contributed by atoms with Crippen LogP contribution in [0.15, 0.2) is 54.6 Å². The fourth-order valence-corrected chi connectivity index (χ4v) is 3.78. The maximum Gasteiger partial charge on any atom is 0.253 e. The van der Waals surface area contributed by atoms with Crippen molar-refractivity contribution in [2.75, 3.05) is 20.1 Å². The Labute approximate surface area is 171 Å². The van der Waals surface area contributed by atoms with E-state index in [0.717, 1.165) is 24.9 Å². The summed E-state index contributed by atoms with van der Waals surface area (Å²) in [4.78, 5) is 27.6. The van der Waals surface area contributed by atoms with E-state index in [1.54, 1.807) is 24.3 Å². The normalized spacial score (nSPS) is 17.8. The van der Waals surface area contributed by atoms with Gasteiger partial charge in [0.15, 0.2) is 0 Å². The highest BCUT2D eigenvalue weighted by atomic mass is 35.5. The van der Waals surface area contributed by atoms with E-state index in [2.05, 4.69) is 10.6 Å². The molecule has 2 aromatic carbocycles. The van der Waals surface area contributed by atoms with Crippen LogP contribution < -0.4 is 10.6 Å². The summed E-state index contributed by atoms with van der Waals surface area (Å²) in [5.41, 5.74) is 1.31. The quantitative estimate of drug-likeness (QED) is 0.782. The van der Waals surface area contributed by atoms with Crippen LogP contribution in [-0.2, 0) is 4.79 Å². The van der Waals surface area contributed by atoms with Gasteiger partial charge in [0.2, 0.25) is 5.91 Å². The first-order chi connectivity index (χ1) is 13.6. The summed E-state index contributed by atoms with van der Waals surface area (Å²) in [5, 5.41) is 6.65. The lowest BCUT2D eigenvalue weighted by atomic mass is 10.0. The van der Waals surface area contributed by atoms with Gasteiger partial charge in [0.25, 0.3) is 5.91 Å². The van der Waals surface area contributed by atoms with Gasteiger partial charge in [-0.2, -0.15) is 0 Å². The molecule has 1 heterocycles. The van der Waals surface area contributed by atoms with E-state index in [-0.39, 0.29) is 18.2 Å². The number of piperidine rings is 1. The molecule has 0 aromatic heterocycles. The molecule has 2 unspecified atom stereocenters. The van der Waals surface area contributed by atoms with Gasteiger partial charge in [-0.15, -0.1) is 0 Å². The van der Waals surface area contributed by atoms with Gasteiger partial charge in [-0.3, -0.25) is 9.59 Å². The number of hydrogen-bond acceptors (Lipinski definition) is 3. The summed E-state index contributed by atoms with van der Waals surface area (Å²) in [6.45, 7) is 1.46. The Morgan fingerprint density at radius 2 is 1.86 bits per heavy atom. The number of benzene rings is 2. The largest absolute Gasteiger partial charge is 0.345 e. The zero-order valence-electron chi connectivity index (χ0n) is 16.0. The first-order valence-electron chi connectivity index (χ1n) is 9.64. The second kappa shape index (κ2) is 9.71. The van der Waals surface area contributed by atoms with Gasteiger partial charge in [-0.05, 0) is 37.6 Å². The molecule has 2 aromatic rings. The minimum absolute atomic E-state index is 0.0493. The molecule has 1 aliphatic rings. The molecule has 0 spiro atoms. The lowest BCUT2D eigenvalue weighted by Gasteiger charge is -2.33. The minimum Gasteiger partial charge on any atom is -0.345 e. The molecule has 2 N–H and O–H groups in total. The van der Waals surface area contributed by atoms with Crippen LogP contribution in [0.5, 0.6) is 0 Å². The van der Waals surface area contributed by atoms with Crippen molar-refractivity contribution >= 4 is 23.4 Å². The average molecular weight is 400 g/mol. The zero-order chi connectivity index (χ0) is 19.9. The van der Waals surface area contributed by atoms with Crippen LogP contribution in [0.2, 0.25) is 5.02 Å². The number of carbonyl (C=O) groups excluding carboxylic acids is 2. The third-order valence-corrected chi connectivity index (χ3v) is 5.52. The molecule has 0 aliphatic carbocycles. The molecule has 2 amide bonds. The van der Waals surface area contributed by atoms with Crippen LogP contribution >= 0.6 is 11.6 Å². The maximum atomic E-state index is 12.9. The molecule has 1 aliphatic heterocycles. The Hall–Kier alpha value is -2.37. The molecule has 0 bridgehead atoms. The Bertz CT molecular complexity index is 812. The number of rotatable bonds is 6. The number of amides is 2. The van der Waals surface area contributed by atoms with Crippen molar-refractivity contribution < 1.29 is 9.59 Å². The van der Waals surface area contributed by atoms with Crippen LogP contribution in [0.4, 0.5) is 0 Å². The smallest absolute Gasteiger partial charge is 0.253 e. The molecule has 5 nitrogen and oxygen atoms in total. The summed E-state index contributed by atoms with van der Waals surface area (Å²) in [7, 11) is 1.93. The molecule has 0 saturated carbocycles. The lowest BCUT2D eigenvalue weighted by molar-refractivity contribution is -0.133. The first kappa shape index (κ1) is 20.4. The third kappa shape index (κ3) is 5.12. The number of halogens is 1. The molecule has 28 heavy (non-hydrogen) atoms.